The number of carbonyl (C=O) groups is 2. The molecule has 1 aliphatic rings. The first kappa shape index (κ1) is 16.2. The van der Waals surface area contributed by atoms with Crippen molar-refractivity contribution in [2.24, 2.45) is 0 Å². The lowest BCUT2D eigenvalue weighted by molar-refractivity contribution is -0.858. The third-order valence-electron chi connectivity index (χ3n) is 3.42. The zero-order valence-electron chi connectivity index (χ0n) is 12.8. The van der Waals surface area contributed by atoms with Crippen LogP contribution in [0.3, 0.4) is 0 Å². The average Bonchev–Trinajstić information content (AvgIpc) is 2.80. The van der Waals surface area contributed by atoms with Gasteiger partial charge in [-0.05, 0) is 24.3 Å². The van der Waals surface area contributed by atoms with E-state index >= 15 is 0 Å². The molecule has 0 aliphatic carbocycles. The van der Waals surface area contributed by atoms with Gasteiger partial charge in [-0.25, -0.2) is 9.18 Å². The summed E-state index contributed by atoms with van der Waals surface area (Å²) in [5.74, 6) is -0.452. The molecular weight excluding hydrogens is 289 g/mol. The lowest BCUT2D eigenvalue weighted by atomic mass is 10.3. The molecule has 1 aliphatic heterocycles. The number of benzene rings is 1. The van der Waals surface area contributed by atoms with Crippen molar-refractivity contribution in [2.75, 3.05) is 38.7 Å². The number of anilines is 1. The zero-order chi connectivity index (χ0) is 16.1. The van der Waals surface area contributed by atoms with E-state index in [0.717, 1.165) is 6.54 Å². The molecule has 6 nitrogen and oxygen atoms in total. The number of amides is 2. The van der Waals surface area contributed by atoms with Crippen LogP contribution in [0.4, 0.5) is 14.9 Å². The standard InChI is InChI=1S/C15H20FN3O3/c1-18(2)7-8-22-15(21)17-12-9-14(20)19(10-12)13-5-3-11(16)4-6-13/h3-6,12H,7-10H2,1-2H3,(H,17,21)/p+1/t12-/m0/s1. The Labute approximate surface area is 128 Å². The van der Waals surface area contributed by atoms with Crippen molar-refractivity contribution >= 4 is 17.7 Å². The van der Waals surface area contributed by atoms with Crippen molar-refractivity contribution in [1.82, 2.24) is 5.32 Å². The number of hydrogen-bond acceptors (Lipinski definition) is 3. The summed E-state index contributed by atoms with van der Waals surface area (Å²) in [5.41, 5.74) is 0.625. The van der Waals surface area contributed by atoms with Gasteiger partial charge in [0.05, 0.1) is 20.1 Å². The third-order valence-corrected chi connectivity index (χ3v) is 3.42. The van der Waals surface area contributed by atoms with Crippen molar-refractivity contribution in [3.8, 4) is 0 Å². The molecule has 1 aromatic rings. The van der Waals surface area contributed by atoms with Crippen molar-refractivity contribution < 1.29 is 23.6 Å². The van der Waals surface area contributed by atoms with Crippen LogP contribution in [0.25, 0.3) is 0 Å². The first-order valence-corrected chi connectivity index (χ1v) is 7.24. The van der Waals surface area contributed by atoms with Gasteiger partial charge in [-0.1, -0.05) is 0 Å². The number of nitrogens with one attached hydrogen (secondary N) is 2. The topological polar surface area (TPSA) is 63.1 Å². The predicted molar refractivity (Wildman–Crippen MR) is 79.3 cm³/mol. The van der Waals surface area contributed by atoms with Gasteiger partial charge < -0.3 is 19.9 Å². The maximum absolute atomic E-state index is 12.9. The molecule has 1 atom stereocenters. The SMILES string of the molecule is C[NH+](C)CCOC(=O)N[C@H]1CC(=O)N(c2ccc(F)cc2)C1. The van der Waals surface area contributed by atoms with Crippen LogP contribution < -0.4 is 15.1 Å². The van der Waals surface area contributed by atoms with Gasteiger partial charge in [0.2, 0.25) is 5.91 Å². The molecule has 0 aromatic heterocycles. The summed E-state index contributed by atoms with van der Waals surface area (Å²) in [5, 5.41) is 2.69. The Kier molecular flexibility index (Phi) is 5.32. The predicted octanol–water partition coefficient (Wildman–Crippen LogP) is -0.198. The van der Waals surface area contributed by atoms with E-state index in [1.54, 1.807) is 12.1 Å². The van der Waals surface area contributed by atoms with Crippen LogP contribution in [0, 0.1) is 5.82 Å². The molecule has 1 aromatic carbocycles. The van der Waals surface area contributed by atoms with Crippen LogP contribution in [0.1, 0.15) is 6.42 Å². The van der Waals surface area contributed by atoms with Gasteiger partial charge in [-0.2, -0.15) is 0 Å². The molecule has 0 bridgehead atoms. The van der Waals surface area contributed by atoms with Gasteiger partial charge in [0.15, 0.2) is 0 Å². The highest BCUT2D eigenvalue weighted by Crippen LogP contribution is 2.21. The van der Waals surface area contributed by atoms with Crippen LogP contribution in [-0.2, 0) is 9.53 Å². The smallest absolute Gasteiger partial charge is 0.407 e. The second kappa shape index (κ2) is 7.22. The van der Waals surface area contributed by atoms with E-state index in [1.807, 2.05) is 14.1 Å². The van der Waals surface area contributed by atoms with Crippen LogP contribution in [-0.4, -0.2) is 51.8 Å². The number of rotatable bonds is 5. The maximum Gasteiger partial charge on any atom is 0.407 e. The van der Waals surface area contributed by atoms with E-state index in [9.17, 15) is 14.0 Å². The molecule has 22 heavy (non-hydrogen) atoms. The molecule has 2 rings (SSSR count). The summed E-state index contributed by atoms with van der Waals surface area (Å²) in [6.45, 7) is 1.41. The highest BCUT2D eigenvalue weighted by atomic mass is 19.1. The van der Waals surface area contributed by atoms with Gasteiger partial charge in [-0.15, -0.1) is 0 Å². The molecule has 0 saturated carbocycles. The summed E-state index contributed by atoms with van der Waals surface area (Å²) < 4.78 is 18.0. The first-order valence-electron chi connectivity index (χ1n) is 7.24. The fourth-order valence-corrected chi connectivity index (χ4v) is 2.23. The number of likely N-dealkylation sites (N-methyl/N-ethyl adjacent to an activating group) is 1. The van der Waals surface area contributed by atoms with Crippen LogP contribution in [0.15, 0.2) is 24.3 Å². The number of nitrogens with zero attached hydrogens (tertiary/aromatic N) is 1. The summed E-state index contributed by atoms with van der Waals surface area (Å²) in [6.07, 6.45) is -0.300. The number of carbonyl (C=O) groups excluding carboxylic acids is 2. The highest BCUT2D eigenvalue weighted by molar-refractivity contribution is 5.96. The molecular formula is C15H21FN3O3+. The van der Waals surface area contributed by atoms with Gasteiger partial charge >= 0.3 is 6.09 Å². The van der Waals surface area contributed by atoms with Crippen LogP contribution in [0.5, 0.6) is 0 Å². The molecule has 0 spiro atoms. The van der Waals surface area contributed by atoms with Gasteiger partial charge in [0, 0.05) is 18.7 Å². The molecule has 7 heteroatoms. The molecule has 0 radical (unpaired) electrons. The molecule has 2 N–H and O–H groups in total. The maximum atomic E-state index is 12.9. The van der Waals surface area contributed by atoms with E-state index in [1.165, 1.54) is 21.9 Å². The fourth-order valence-electron chi connectivity index (χ4n) is 2.23. The summed E-state index contributed by atoms with van der Waals surface area (Å²) in [4.78, 5) is 26.4. The van der Waals surface area contributed by atoms with E-state index in [4.69, 9.17) is 4.74 Å². The number of ether oxygens (including phenoxy) is 1. The first-order chi connectivity index (χ1) is 10.5. The van der Waals surface area contributed by atoms with Crippen molar-refractivity contribution in [1.29, 1.82) is 0 Å². The highest BCUT2D eigenvalue weighted by Gasteiger charge is 2.31. The molecule has 1 fully saturated rings. The molecule has 2 amide bonds. The number of halogens is 1. The van der Waals surface area contributed by atoms with Crippen molar-refractivity contribution in [2.45, 2.75) is 12.5 Å². The Hall–Kier alpha value is -2.15. The zero-order valence-corrected chi connectivity index (χ0v) is 12.8. The monoisotopic (exact) mass is 310 g/mol. The van der Waals surface area contributed by atoms with Gasteiger partial charge in [0.25, 0.3) is 0 Å². The average molecular weight is 310 g/mol. The number of quaternary nitrogens is 1. The minimum absolute atomic E-state index is 0.102. The minimum atomic E-state index is -0.514. The summed E-state index contributed by atoms with van der Waals surface area (Å²) in [7, 11) is 3.94. The molecule has 1 saturated heterocycles. The summed E-state index contributed by atoms with van der Waals surface area (Å²) in [6, 6.07) is 5.42. The van der Waals surface area contributed by atoms with E-state index in [2.05, 4.69) is 5.32 Å². The Morgan fingerprint density at radius 2 is 2.09 bits per heavy atom. The lowest BCUT2D eigenvalue weighted by Gasteiger charge is -2.17. The largest absolute Gasteiger partial charge is 0.444 e. The molecule has 120 valence electrons. The second-order valence-corrected chi connectivity index (χ2v) is 5.62. The van der Waals surface area contributed by atoms with Gasteiger partial charge in [-0.3, -0.25) is 4.79 Å². The minimum Gasteiger partial charge on any atom is -0.444 e. The van der Waals surface area contributed by atoms with Crippen LogP contribution in [0.2, 0.25) is 0 Å². The summed E-state index contributed by atoms with van der Waals surface area (Å²) >= 11 is 0. The van der Waals surface area contributed by atoms with Crippen molar-refractivity contribution in [3.05, 3.63) is 30.1 Å². The van der Waals surface area contributed by atoms with E-state index < -0.39 is 6.09 Å². The van der Waals surface area contributed by atoms with Crippen molar-refractivity contribution in [3.63, 3.8) is 0 Å². The Morgan fingerprint density at radius 3 is 2.73 bits per heavy atom. The normalized spacial score (nSPS) is 17.9. The second-order valence-electron chi connectivity index (χ2n) is 5.62. The lowest BCUT2D eigenvalue weighted by Crippen LogP contribution is -3.06. The van der Waals surface area contributed by atoms with Crippen LogP contribution >= 0.6 is 0 Å². The third kappa shape index (κ3) is 4.42. The quantitative estimate of drug-likeness (QED) is 0.792. The van der Waals surface area contributed by atoms with E-state index in [0.29, 0.717) is 18.8 Å². The van der Waals surface area contributed by atoms with Gasteiger partial charge in [0.1, 0.15) is 19.0 Å². The molecule has 0 unspecified atom stereocenters. The number of alkyl carbamates (subject to hydrolysis) is 1. The fraction of sp³-hybridized carbons (Fsp3) is 0.467. The number of hydrogen-bond donors (Lipinski definition) is 2. The Bertz CT molecular complexity index is 533. The Morgan fingerprint density at radius 1 is 1.41 bits per heavy atom. The van der Waals surface area contributed by atoms with E-state index in [-0.39, 0.29) is 24.2 Å². The Balaban J connectivity index is 1.84. The molecule has 1 heterocycles.